The molecule has 0 saturated carbocycles. The first-order valence-corrected chi connectivity index (χ1v) is 5.90. The van der Waals surface area contributed by atoms with Crippen molar-refractivity contribution in [3.8, 4) is 0 Å². The molecule has 0 aliphatic heterocycles. The highest BCUT2D eigenvalue weighted by Crippen LogP contribution is 2.19. The Balaban J connectivity index is 2.47. The fourth-order valence-electron chi connectivity index (χ4n) is 1.22. The zero-order chi connectivity index (χ0) is 10.4. The number of hydrogen-bond donors (Lipinski definition) is 1. The Morgan fingerprint density at radius 2 is 2.29 bits per heavy atom. The van der Waals surface area contributed by atoms with Crippen LogP contribution in [0.25, 0.3) is 0 Å². The van der Waals surface area contributed by atoms with E-state index in [0.717, 1.165) is 11.5 Å². The van der Waals surface area contributed by atoms with E-state index in [9.17, 15) is 9.50 Å². The largest absolute Gasteiger partial charge is 0.388 e. The normalized spacial score (nSPS) is 12.8. The smallest absolute Gasteiger partial charge is 0.123 e. The second-order valence-electron chi connectivity index (χ2n) is 3.06. The summed E-state index contributed by atoms with van der Waals surface area (Å²) in [6, 6.07) is 6.16. The molecule has 3 heteroatoms. The van der Waals surface area contributed by atoms with E-state index in [2.05, 4.69) is 6.92 Å². The van der Waals surface area contributed by atoms with Gasteiger partial charge >= 0.3 is 0 Å². The van der Waals surface area contributed by atoms with Crippen LogP contribution in [0.5, 0.6) is 0 Å². The van der Waals surface area contributed by atoms with Crippen LogP contribution in [0.15, 0.2) is 24.3 Å². The summed E-state index contributed by atoms with van der Waals surface area (Å²) in [6.45, 7) is 2.08. The fourth-order valence-corrected chi connectivity index (χ4v) is 1.90. The van der Waals surface area contributed by atoms with E-state index in [-0.39, 0.29) is 5.82 Å². The van der Waals surface area contributed by atoms with Gasteiger partial charge in [-0.05, 0) is 35.6 Å². The summed E-state index contributed by atoms with van der Waals surface area (Å²) in [5.74, 6) is 1.68. The first-order valence-electron chi connectivity index (χ1n) is 4.75. The van der Waals surface area contributed by atoms with Crippen molar-refractivity contribution in [2.75, 3.05) is 11.5 Å². The second kappa shape index (κ2) is 6.04. The van der Waals surface area contributed by atoms with Gasteiger partial charge in [0.2, 0.25) is 0 Å². The topological polar surface area (TPSA) is 20.2 Å². The second-order valence-corrected chi connectivity index (χ2v) is 4.45. The van der Waals surface area contributed by atoms with Crippen LogP contribution >= 0.6 is 11.8 Å². The van der Waals surface area contributed by atoms with Crippen molar-refractivity contribution >= 4 is 11.8 Å². The summed E-state index contributed by atoms with van der Waals surface area (Å²) < 4.78 is 12.8. The molecule has 1 atom stereocenters. The maximum Gasteiger partial charge on any atom is 0.123 e. The van der Waals surface area contributed by atoms with Gasteiger partial charge in [-0.15, -0.1) is 0 Å². The summed E-state index contributed by atoms with van der Waals surface area (Å²) in [6.07, 6.45) is 0.145. The molecule has 0 spiro atoms. The van der Waals surface area contributed by atoms with Crippen molar-refractivity contribution in [1.29, 1.82) is 0 Å². The zero-order valence-corrected chi connectivity index (χ0v) is 9.06. The lowest BCUT2D eigenvalue weighted by Crippen LogP contribution is -1.99. The van der Waals surface area contributed by atoms with Gasteiger partial charge in [-0.25, -0.2) is 4.39 Å². The summed E-state index contributed by atoms with van der Waals surface area (Å²) in [4.78, 5) is 0. The van der Waals surface area contributed by atoms with Crippen LogP contribution in [0.3, 0.4) is 0 Å². The molecule has 0 aliphatic carbocycles. The molecule has 1 aromatic carbocycles. The highest BCUT2D eigenvalue weighted by molar-refractivity contribution is 7.99. The highest BCUT2D eigenvalue weighted by atomic mass is 32.2. The average Bonchev–Trinajstić information content (AvgIpc) is 2.18. The summed E-state index contributed by atoms with van der Waals surface area (Å²) in [5.41, 5.74) is 0.668. The van der Waals surface area contributed by atoms with Crippen LogP contribution < -0.4 is 0 Å². The summed E-state index contributed by atoms with van der Waals surface area (Å²) in [7, 11) is 0. The maximum absolute atomic E-state index is 12.8. The molecular weight excluding hydrogens is 199 g/mol. The highest BCUT2D eigenvalue weighted by Gasteiger charge is 2.07. The molecule has 0 saturated heterocycles. The molecule has 0 amide bonds. The van der Waals surface area contributed by atoms with Crippen molar-refractivity contribution < 1.29 is 9.50 Å². The van der Waals surface area contributed by atoms with Gasteiger partial charge in [0.25, 0.3) is 0 Å². The minimum absolute atomic E-state index is 0.287. The van der Waals surface area contributed by atoms with Crippen molar-refractivity contribution in [2.45, 2.75) is 19.4 Å². The third kappa shape index (κ3) is 3.68. The molecule has 14 heavy (non-hydrogen) atoms. The van der Waals surface area contributed by atoms with Crippen molar-refractivity contribution in [2.24, 2.45) is 0 Å². The average molecular weight is 214 g/mol. The van der Waals surface area contributed by atoms with Crippen LogP contribution in [0.1, 0.15) is 25.0 Å². The molecule has 0 radical (unpaired) electrons. The van der Waals surface area contributed by atoms with E-state index >= 15 is 0 Å². The first-order chi connectivity index (χ1) is 6.74. The summed E-state index contributed by atoms with van der Waals surface area (Å²) >= 11 is 1.78. The molecule has 1 rings (SSSR count). The molecule has 0 bridgehead atoms. The fraction of sp³-hybridized carbons (Fsp3) is 0.455. The lowest BCUT2D eigenvalue weighted by atomic mass is 10.1. The molecule has 0 aliphatic rings. The third-order valence-electron chi connectivity index (χ3n) is 1.97. The third-order valence-corrected chi connectivity index (χ3v) is 2.91. The zero-order valence-electron chi connectivity index (χ0n) is 8.24. The number of hydrogen-bond acceptors (Lipinski definition) is 2. The van der Waals surface area contributed by atoms with E-state index in [1.54, 1.807) is 23.9 Å². The van der Waals surface area contributed by atoms with Gasteiger partial charge in [0.1, 0.15) is 5.82 Å². The standard InChI is InChI=1S/C11H15FOS/c1-2-14-7-6-11(13)9-4-3-5-10(12)8-9/h3-5,8,11,13H,2,6-7H2,1H3. The van der Waals surface area contributed by atoms with Crippen molar-refractivity contribution in [3.63, 3.8) is 0 Å². The molecule has 1 N–H and O–H groups in total. The van der Waals surface area contributed by atoms with Gasteiger partial charge in [-0.1, -0.05) is 19.1 Å². The number of aliphatic hydroxyl groups is 1. The van der Waals surface area contributed by atoms with Gasteiger partial charge in [0.15, 0.2) is 0 Å². The Labute approximate surface area is 88.3 Å². The maximum atomic E-state index is 12.8. The van der Waals surface area contributed by atoms with E-state index in [1.807, 2.05) is 0 Å². The minimum Gasteiger partial charge on any atom is -0.388 e. The van der Waals surface area contributed by atoms with Gasteiger partial charge in [0.05, 0.1) is 6.10 Å². The van der Waals surface area contributed by atoms with E-state index in [0.29, 0.717) is 12.0 Å². The number of rotatable bonds is 5. The molecule has 0 fully saturated rings. The Kier molecular flexibility index (Phi) is 4.98. The molecule has 78 valence electrons. The number of thioether (sulfide) groups is 1. The van der Waals surface area contributed by atoms with Crippen LogP contribution in [-0.2, 0) is 0 Å². The minimum atomic E-state index is -0.537. The lowest BCUT2D eigenvalue weighted by Gasteiger charge is -2.10. The molecule has 1 aromatic rings. The van der Waals surface area contributed by atoms with Gasteiger partial charge in [-0.2, -0.15) is 11.8 Å². The Bertz CT molecular complexity index is 278. The van der Waals surface area contributed by atoms with E-state index in [1.165, 1.54) is 12.1 Å². The Morgan fingerprint density at radius 1 is 1.50 bits per heavy atom. The van der Waals surface area contributed by atoms with Gasteiger partial charge < -0.3 is 5.11 Å². The lowest BCUT2D eigenvalue weighted by molar-refractivity contribution is 0.174. The molecular formula is C11H15FOS. The quantitative estimate of drug-likeness (QED) is 0.760. The van der Waals surface area contributed by atoms with Crippen LogP contribution in [0.4, 0.5) is 4.39 Å². The molecule has 0 aromatic heterocycles. The van der Waals surface area contributed by atoms with E-state index in [4.69, 9.17) is 0 Å². The van der Waals surface area contributed by atoms with Gasteiger partial charge in [-0.3, -0.25) is 0 Å². The van der Waals surface area contributed by atoms with Crippen LogP contribution in [-0.4, -0.2) is 16.6 Å². The Morgan fingerprint density at radius 3 is 2.93 bits per heavy atom. The van der Waals surface area contributed by atoms with Gasteiger partial charge in [0, 0.05) is 0 Å². The predicted octanol–water partition coefficient (Wildman–Crippen LogP) is 3.00. The number of halogens is 1. The number of aliphatic hydroxyl groups excluding tert-OH is 1. The Hall–Kier alpha value is -0.540. The van der Waals surface area contributed by atoms with Crippen molar-refractivity contribution in [1.82, 2.24) is 0 Å². The van der Waals surface area contributed by atoms with E-state index < -0.39 is 6.10 Å². The first kappa shape index (κ1) is 11.5. The monoisotopic (exact) mass is 214 g/mol. The predicted molar refractivity (Wildman–Crippen MR) is 59.0 cm³/mol. The summed E-state index contributed by atoms with van der Waals surface area (Å²) in [5, 5.41) is 9.69. The molecule has 1 nitrogen and oxygen atoms in total. The van der Waals surface area contributed by atoms with Crippen molar-refractivity contribution in [3.05, 3.63) is 35.6 Å². The SMILES string of the molecule is CCSCCC(O)c1cccc(F)c1. The number of benzene rings is 1. The van der Waals surface area contributed by atoms with Crippen LogP contribution in [0, 0.1) is 5.82 Å². The van der Waals surface area contributed by atoms with Crippen LogP contribution in [0.2, 0.25) is 0 Å². The molecule has 0 heterocycles. The molecule has 1 unspecified atom stereocenters.